The molecular formula is C23H19F3N2O3S. The Labute approximate surface area is 185 Å². The van der Waals surface area contributed by atoms with Gasteiger partial charge in [-0.3, -0.25) is 4.79 Å². The Kier molecular flexibility index (Phi) is 5.92. The van der Waals surface area contributed by atoms with Gasteiger partial charge in [-0.05, 0) is 37.3 Å². The fraction of sp³-hybridized carbons (Fsp3) is 0.217. The van der Waals surface area contributed by atoms with Crippen LogP contribution in [-0.4, -0.2) is 27.2 Å². The number of aliphatic carboxylic acids is 1. The minimum Gasteiger partial charge on any atom is -0.493 e. The second-order valence-electron chi connectivity index (χ2n) is 7.23. The molecule has 0 saturated carbocycles. The van der Waals surface area contributed by atoms with E-state index in [9.17, 15) is 18.0 Å². The zero-order valence-electron chi connectivity index (χ0n) is 17.0. The summed E-state index contributed by atoms with van der Waals surface area (Å²) in [6.07, 6.45) is -2.05. The number of aromatic nitrogens is 2. The highest BCUT2D eigenvalue weighted by atomic mass is 32.1. The number of hydrogen-bond donors (Lipinski definition) is 1. The Bertz CT molecular complexity index is 1260. The molecule has 4 rings (SSSR count). The number of carboxylic acids is 1. The van der Waals surface area contributed by atoms with Crippen molar-refractivity contribution in [2.24, 2.45) is 0 Å². The summed E-state index contributed by atoms with van der Waals surface area (Å²) < 4.78 is 45.9. The standard InChI is InChI=1S/C23H19F3N2O3S/c1-14-20(32-22(27-14)15-5-7-16(8-6-15)23(24,25)26)10-12-31-19-4-2-3-18-17(19)9-11-28(18)13-21(29)30/h2-9,11H,10,12-13H2,1H3,(H,29,30). The van der Waals surface area contributed by atoms with Crippen molar-refractivity contribution < 1.29 is 27.8 Å². The number of aryl methyl sites for hydroxylation is 1. The maximum absolute atomic E-state index is 12.8. The Morgan fingerprint density at radius 1 is 1.16 bits per heavy atom. The van der Waals surface area contributed by atoms with Crippen molar-refractivity contribution >= 4 is 28.2 Å². The number of carbonyl (C=O) groups is 1. The van der Waals surface area contributed by atoms with E-state index < -0.39 is 17.7 Å². The van der Waals surface area contributed by atoms with Crippen molar-refractivity contribution in [2.45, 2.75) is 26.1 Å². The molecule has 0 radical (unpaired) electrons. The van der Waals surface area contributed by atoms with E-state index in [1.165, 1.54) is 23.5 Å². The number of benzene rings is 2. The van der Waals surface area contributed by atoms with Crippen LogP contribution in [0.4, 0.5) is 13.2 Å². The zero-order valence-corrected chi connectivity index (χ0v) is 17.8. The van der Waals surface area contributed by atoms with Gasteiger partial charge < -0.3 is 14.4 Å². The summed E-state index contributed by atoms with van der Waals surface area (Å²) >= 11 is 1.43. The number of ether oxygens (including phenoxy) is 1. The number of alkyl halides is 3. The molecule has 0 unspecified atom stereocenters. The topological polar surface area (TPSA) is 64.4 Å². The highest BCUT2D eigenvalue weighted by Gasteiger charge is 2.30. The highest BCUT2D eigenvalue weighted by Crippen LogP contribution is 2.33. The lowest BCUT2D eigenvalue weighted by Gasteiger charge is -2.08. The molecule has 2 heterocycles. The maximum Gasteiger partial charge on any atom is 0.416 e. The molecule has 166 valence electrons. The molecule has 0 saturated heterocycles. The molecule has 5 nitrogen and oxygen atoms in total. The fourth-order valence-electron chi connectivity index (χ4n) is 3.44. The van der Waals surface area contributed by atoms with E-state index in [1.54, 1.807) is 10.8 Å². The molecule has 0 bridgehead atoms. The number of fused-ring (bicyclic) bond motifs is 1. The summed E-state index contributed by atoms with van der Waals surface area (Å²) in [6, 6.07) is 12.3. The Hall–Kier alpha value is -3.33. The normalized spacial score (nSPS) is 11.8. The number of carboxylic acid groups (broad SMARTS) is 1. The fourth-order valence-corrected chi connectivity index (χ4v) is 4.49. The number of nitrogens with zero attached hydrogens (tertiary/aromatic N) is 2. The van der Waals surface area contributed by atoms with Gasteiger partial charge in [-0.1, -0.05) is 18.2 Å². The minimum absolute atomic E-state index is 0.125. The van der Waals surface area contributed by atoms with Crippen molar-refractivity contribution in [3.05, 3.63) is 70.9 Å². The third-order valence-electron chi connectivity index (χ3n) is 5.02. The zero-order chi connectivity index (χ0) is 22.9. The van der Waals surface area contributed by atoms with Gasteiger partial charge in [-0.2, -0.15) is 13.2 Å². The number of rotatable bonds is 7. The van der Waals surface area contributed by atoms with E-state index in [-0.39, 0.29) is 6.54 Å². The van der Waals surface area contributed by atoms with Crippen LogP contribution in [0.2, 0.25) is 0 Å². The summed E-state index contributed by atoms with van der Waals surface area (Å²) in [7, 11) is 0. The van der Waals surface area contributed by atoms with Crippen molar-refractivity contribution in [2.75, 3.05) is 6.61 Å². The molecule has 4 aromatic rings. The monoisotopic (exact) mass is 460 g/mol. The van der Waals surface area contributed by atoms with Gasteiger partial charge in [0.15, 0.2) is 0 Å². The molecule has 0 spiro atoms. The van der Waals surface area contributed by atoms with E-state index in [1.807, 2.05) is 31.2 Å². The van der Waals surface area contributed by atoms with Gasteiger partial charge in [-0.15, -0.1) is 11.3 Å². The van der Waals surface area contributed by atoms with Crippen LogP contribution >= 0.6 is 11.3 Å². The van der Waals surface area contributed by atoms with Crippen molar-refractivity contribution in [1.82, 2.24) is 9.55 Å². The SMILES string of the molecule is Cc1nc(-c2ccc(C(F)(F)F)cc2)sc1CCOc1cccc2c1ccn2CC(=O)O. The van der Waals surface area contributed by atoms with Gasteiger partial charge in [0.05, 0.1) is 23.4 Å². The first-order chi connectivity index (χ1) is 15.2. The molecule has 0 amide bonds. The van der Waals surface area contributed by atoms with Crippen molar-refractivity contribution in [3.63, 3.8) is 0 Å². The molecule has 32 heavy (non-hydrogen) atoms. The first-order valence-electron chi connectivity index (χ1n) is 9.79. The third-order valence-corrected chi connectivity index (χ3v) is 6.28. The molecule has 0 fully saturated rings. The largest absolute Gasteiger partial charge is 0.493 e. The maximum atomic E-state index is 12.8. The first-order valence-corrected chi connectivity index (χ1v) is 10.6. The van der Waals surface area contributed by atoms with Gasteiger partial charge in [0.2, 0.25) is 0 Å². The third kappa shape index (κ3) is 4.62. The second kappa shape index (κ2) is 8.66. The van der Waals surface area contributed by atoms with Crippen LogP contribution in [0.5, 0.6) is 5.75 Å². The van der Waals surface area contributed by atoms with E-state index in [0.29, 0.717) is 29.3 Å². The first kappa shape index (κ1) is 21.9. The molecule has 0 atom stereocenters. The van der Waals surface area contributed by atoms with Crippen LogP contribution in [0.25, 0.3) is 21.5 Å². The van der Waals surface area contributed by atoms with Crippen molar-refractivity contribution in [1.29, 1.82) is 0 Å². The van der Waals surface area contributed by atoms with E-state index >= 15 is 0 Å². The van der Waals surface area contributed by atoms with Gasteiger partial charge in [0, 0.05) is 28.4 Å². The van der Waals surface area contributed by atoms with Gasteiger partial charge in [-0.25, -0.2) is 4.98 Å². The molecular weight excluding hydrogens is 441 g/mol. The molecule has 0 aliphatic carbocycles. The van der Waals surface area contributed by atoms with Crippen LogP contribution in [0.3, 0.4) is 0 Å². The van der Waals surface area contributed by atoms with Crippen LogP contribution in [-0.2, 0) is 23.9 Å². The van der Waals surface area contributed by atoms with E-state index in [0.717, 1.165) is 33.6 Å². The quantitative estimate of drug-likeness (QED) is 0.379. The molecule has 2 aromatic carbocycles. The summed E-state index contributed by atoms with van der Waals surface area (Å²) in [6.45, 7) is 2.13. The summed E-state index contributed by atoms with van der Waals surface area (Å²) in [5, 5.41) is 10.5. The minimum atomic E-state index is -4.36. The van der Waals surface area contributed by atoms with E-state index in [4.69, 9.17) is 9.84 Å². The summed E-state index contributed by atoms with van der Waals surface area (Å²) in [4.78, 5) is 16.5. The Morgan fingerprint density at radius 2 is 1.91 bits per heavy atom. The lowest BCUT2D eigenvalue weighted by atomic mass is 10.1. The lowest BCUT2D eigenvalue weighted by Crippen LogP contribution is -2.07. The van der Waals surface area contributed by atoms with Gasteiger partial charge in [0.1, 0.15) is 17.3 Å². The summed E-state index contributed by atoms with van der Waals surface area (Å²) in [5.41, 5.74) is 1.56. The van der Waals surface area contributed by atoms with Crippen LogP contribution in [0, 0.1) is 6.92 Å². The van der Waals surface area contributed by atoms with Crippen LogP contribution < -0.4 is 4.74 Å². The Morgan fingerprint density at radius 3 is 2.59 bits per heavy atom. The molecule has 1 N–H and O–H groups in total. The van der Waals surface area contributed by atoms with Crippen LogP contribution in [0.15, 0.2) is 54.7 Å². The van der Waals surface area contributed by atoms with Gasteiger partial charge in [0.25, 0.3) is 0 Å². The molecule has 9 heteroatoms. The molecule has 0 aliphatic rings. The van der Waals surface area contributed by atoms with E-state index in [2.05, 4.69) is 4.98 Å². The average molecular weight is 460 g/mol. The predicted molar refractivity (Wildman–Crippen MR) is 116 cm³/mol. The smallest absolute Gasteiger partial charge is 0.416 e. The summed E-state index contributed by atoms with van der Waals surface area (Å²) in [5.74, 6) is -0.255. The highest BCUT2D eigenvalue weighted by molar-refractivity contribution is 7.15. The van der Waals surface area contributed by atoms with Gasteiger partial charge >= 0.3 is 12.1 Å². The molecule has 0 aliphatic heterocycles. The number of thiazole rings is 1. The Balaban J connectivity index is 1.45. The lowest BCUT2D eigenvalue weighted by molar-refractivity contribution is -0.138. The van der Waals surface area contributed by atoms with Crippen molar-refractivity contribution in [3.8, 4) is 16.3 Å². The second-order valence-corrected chi connectivity index (χ2v) is 8.31. The average Bonchev–Trinajstić information content (AvgIpc) is 3.31. The predicted octanol–water partition coefficient (Wildman–Crippen LogP) is 5.80. The van der Waals surface area contributed by atoms with Crippen LogP contribution in [0.1, 0.15) is 16.1 Å². The number of halogens is 3. The number of hydrogen-bond acceptors (Lipinski definition) is 4. The molecule has 2 aromatic heterocycles.